The molecule has 0 fully saturated rings. The molecule has 5 aromatic rings. The van der Waals surface area contributed by atoms with Crippen molar-refractivity contribution in [3.05, 3.63) is 99.6 Å². The number of rotatable bonds is 6. The smallest absolute Gasteiger partial charge is 0.331 e. The van der Waals surface area contributed by atoms with Crippen molar-refractivity contribution < 1.29 is 0 Å². The number of nitrogens with zero attached hydrogens (tertiary/aromatic N) is 4. The highest BCUT2D eigenvalue weighted by Crippen LogP contribution is 2.34. The van der Waals surface area contributed by atoms with Gasteiger partial charge in [-0.2, -0.15) is 0 Å². The second-order valence-electron chi connectivity index (χ2n) is 8.90. The van der Waals surface area contributed by atoms with E-state index in [1.165, 1.54) is 27.1 Å². The molecule has 3 heterocycles. The zero-order valence-electron chi connectivity index (χ0n) is 19.4. The fourth-order valence-corrected chi connectivity index (χ4v) is 5.38. The molecule has 0 aliphatic rings. The summed E-state index contributed by atoms with van der Waals surface area (Å²) in [5.41, 5.74) is 1.28. The normalized spacial score (nSPS) is 11.6. The van der Waals surface area contributed by atoms with Gasteiger partial charge in [0.05, 0.1) is 15.9 Å². The van der Waals surface area contributed by atoms with Gasteiger partial charge in [-0.3, -0.25) is 18.9 Å². The molecule has 0 saturated carbocycles. The summed E-state index contributed by atoms with van der Waals surface area (Å²) in [7, 11) is 1.56. The molecule has 0 bridgehead atoms. The first-order valence-corrected chi connectivity index (χ1v) is 12.1. The lowest BCUT2D eigenvalue weighted by Crippen LogP contribution is -2.38. The van der Waals surface area contributed by atoms with Crippen molar-refractivity contribution in [1.82, 2.24) is 18.7 Å². The highest BCUT2D eigenvalue weighted by Gasteiger charge is 2.21. The minimum atomic E-state index is -0.283. The summed E-state index contributed by atoms with van der Waals surface area (Å²) < 4.78 is 5.07. The number of pyridine rings is 1. The van der Waals surface area contributed by atoms with Crippen molar-refractivity contribution >= 4 is 33.4 Å². The monoisotopic (exact) mass is 470 g/mol. The van der Waals surface area contributed by atoms with Gasteiger partial charge in [0.1, 0.15) is 0 Å². The van der Waals surface area contributed by atoms with E-state index in [4.69, 9.17) is 0 Å². The van der Waals surface area contributed by atoms with Gasteiger partial charge in [-0.1, -0.05) is 68.1 Å². The summed E-state index contributed by atoms with van der Waals surface area (Å²) >= 11 is 1.53. The van der Waals surface area contributed by atoms with Crippen molar-refractivity contribution in [1.29, 1.82) is 0 Å². The van der Waals surface area contributed by atoms with Gasteiger partial charge >= 0.3 is 5.69 Å². The van der Waals surface area contributed by atoms with Gasteiger partial charge in [0, 0.05) is 43.6 Å². The van der Waals surface area contributed by atoms with Crippen molar-refractivity contribution in [2.75, 3.05) is 0 Å². The SMILES string of the molecule is CC(C)Cn1c(=O)n(C)c(=O)c2c(Sc3ccncc3)n(Cc3cccc4ccccc34)cc21. The molecule has 5 rings (SSSR count). The maximum absolute atomic E-state index is 13.4. The Labute approximate surface area is 201 Å². The molecule has 0 saturated heterocycles. The maximum atomic E-state index is 13.4. The third kappa shape index (κ3) is 3.96. The predicted octanol–water partition coefficient (Wildman–Crippen LogP) is 4.91. The summed E-state index contributed by atoms with van der Waals surface area (Å²) in [6.45, 7) is 5.27. The molecule has 0 aliphatic carbocycles. The Morgan fingerprint density at radius 1 is 0.971 bits per heavy atom. The van der Waals surface area contributed by atoms with E-state index >= 15 is 0 Å². The highest BCUT2D eigenvalue weighted by atomic mass is 32.2. The van der Waals surface area contributed by atoms with E-state index in [0.717, 1.165) is 15.5 Å². The fraction of sp³-hybridized carbons (Fsp3) is 0.222. The van der Waals surface area contributed by atoms with Gasteiger partial charge in [0.25, 0.3) is 5.56 Å². The van der Waals surface area contributed by atoms with Crippen molar-refractivity contribution in [3.8, 4) is 0 Å². The Morgan fingerprint density at radius 2 is 1.71 bits per heavy atom. The molecule has 7 heteroatoms. The largest absolute Gasteiger partial charge is 0.335 e. The van der Waals surface area contributed by atoms with Crippen LogP contribution >= 0.6 is 11.8 Å². The predicted molar refractivity (Wildman–Crippen MR) is 138 cm³/mol. The van der Waals surface area contributed by atoms with Crippen LogP contribution in [0.5, 0.6) is 0 Å². The summed E-state index contributed by atoms with van der Waals surface area (Å²) in [6, 6.07) is 18.5. The molecule has 172 valence electrons. The molecule has 34 heavy (non-hydrogen) atoms. The molecule has 0 spiro atoms. The summed E-state index contributed by atoms with van der Waals surface area (Å²) in [6.07, 6.45) is 5.45. The third-order valence-corrected chi connectivity index (χ3v) is 7.11. The van der Waals surface area contributed by atoms with Crippen LogP contribution in [-0.4, -0.2) is 18.7 Å². The van der Waals surface area contributed by atoms with Crippen molar-refractivity contribution in [2.45, 2.75) is 36.9 Å². The van der Waals surface area contributed by atoms with Crippen molar-refractivity contribution in [2.24, 2.45) is 13.0 Å². The quantitative estimate of drug-likeness (QED) is 0.354. The van der Waals surface area contributed by atoms with Gasteiger partial charge in [0.2, 0.25) is 0 Å². The van der Waals surface area contributed by atoms with E-state index in [-0.39, 0.29) is 17.2 Å². The average molecular weight is 471 g/mol. The summed E-state index contributed by atoms with van der Waals surface area (Å²) in [5, 5.41) is 3.75. The van der Waals surface area contributed by atoms with Crippen LogP contribution in [0, 0.1) is 5.92 Å². The zero-order chi connectivity index (χ0) is 23.8. The lowest BCUT2D eigenvalue weighted by atomic mass is 10.0. The molecule has 0 radical (unpaired) electrons. The van der Waals surface area contributed by atoms with E-state index in [2.05, 4.69) is 53.7 Å². The number of benzene rings is 2. The molecule has 2 aromatic carbocycles. The zero-order valence-corrected chi connectivity index (χ0v) is 20.2. The van der Waals surface area contributed by atoms with E-state index in [0.29, 0.717) is 24.0 Å². The van der Waals surface area contributed by atoms with Crippen LogP contribution in [0.1, 0.15) is 19.4 Å². The Balaban J connectivity index is 1.77. The van der Waals surface area contributed by atoms with E-state index < -0.39 is 0 Å². The average Bonchev–Trinajstić information content (AvgIpc) is 3.19. The van der Waals surface area contributed by atoms with Crippen LogP contribution in [-0.2, 0) is 20.1 Å². The molecule has 0 unspecified atom stereocenters. The van der Waals surface area contributed by atoms with Gasteiger partial charge in [-0.25, -0.2) is 4.79 Å². The second-order valence-corrected chi connectivity index (χ2v) is 9.96. The standard InChI is InChI=1S/C27H26N4O2S/c1-18(2)15-31-23-17-30(16-20-9-6-8-19-7-4-5-10-22(19)20)26(34-21-11-13-28-14-12-21)24(23)25(32)29(3)27(31)33/h4-14,17-18H,15-16H2,1-3H3. The first kappa shape index (κ1) is 22.2. The van der Waals surface area contributed by atoms with E-state index in [9.17, 15) is 9.59 Å². The Bertz CT molecular complexity index is 1610. The molecule has 0 N–H and O–H groups in total. The fourth-order valence-electron chi connectivity index (χ4n) is 4.37. The van der Waals surface area contributed by atoms with Crippen molar-refractivity contribution in [3.63, 3.8) is 0 Å². The van der Waals surface area contributed by atoms with Crippen LogP contribution in [0.15, 0.2) is 92.7 Å². The van der Waals surface area contributed by atoms with Gasteiger partial charge in [-0.15, -0.1) is 0 Å². The summed E-state index contributed by atoms with van der Waals surface area (Å²) in [5.74, 6) is 0.260. The minimum absolute atomic E-state index is 0.260. The lowest BCUT2D eigenvalue weighted by molar-refractivity contribution is 0.502. The first-order valence-electron chi connectivity index (χ1n) is 11.3. The number of aromatic nitrogens is 4. The van der Waals surface area contributed by atoms with Gasteiger partial charge in [-0.05, 0) is 34.4 Å². The number of hydrogen-bond acceptors (Lipinski definition) is 4. The van der Waals surface area contributed by atoms with Crippen LogP contribution < -0.4 is 11.2 Å². The van der Waals surface area contributed by atoms with Crippen LogP contribution in [0.25, 0.3) is 21.7 Å². The summed E-state index contributed by atoms with van der Waals surface area (Å²) in [4.78, 5) is 31.5. The molecule has 6 nitrogen and oxygen atoms in total. The maximum Gasteiger partial charge on any atom is 0.331 e. The first-order chi connectivity index (χ1) is 16.4. The Kier molecular flexibility index (Phi) is 5.87. The molecule has 0 amide bonds. The Hall–Kier alpha value is -3.58. The topological polar surface area (TPSA) is 61.8 Å². The van der Waals surface area contributed by atoms with Crippen LogP contribution in [0.3, 0.4) is 0 Å². The molecular weight excluding hydrogens is 444 g/mol. The van der Waals surface area contributed by atoms with E-state index in [1.807, 2.05) is 30.5 Å². The Morgan fingerprint density at radius 3 is 2.47 bits per heavy atom. The van der Waals surface area contributed by atoms with Crippen LogP contribution in [0.2, 0.25) is 0 Å². The third-order valence-electron chi connectivity index (χ3n) is 5.97. The van der Waals surface area contributed by atoms with Gasteiger partial charge < -0.3 is 4.57 Å². The van der Waals surface area contributed by atoms with E-state index in [1.54, 1.807) is 24.0 Å². The molecule has 0 aliphatic heterocycles. The minimum Gasteiger partial charge on any atom is -0.335 e. The number of fused-ring (bicyclic) bond motifs is 2. The molecule has 0 atom stereocenters. The molecular formula is C27H26N4O2S. The van der Waals surface area contributed by atoms with Gasteiger partial charge in [0.15, 0.2) is 0 Å². The molecule has 3 aromatic heterocycles. The van der Waals surface area contributed by atoms with Crippen LogP contribution in [0.4, 0.5) is 0 Å². The number of hydrogen-bond donors (Lipinski definition) is 0. The second kappa shape index (κ2) is 8.99. The lowest BCUT2D eigenvalue weighted by Gasteiger charge is -2.12. The highest BCUT2D eigenvalue weighted by molar-refractivity contribution is 7.99.